The third-order valence-electron chi connectivity index (χ3n) is 8.04. The first-order valence-corrected chi connectivity index (χ1v) is 15.0. The number of methoxy groups -OCH3 is 1. The normalized spacial score (nSPS) is 17.0. The molecular weight excluding hydrogens is 564 g/mol. The Labute approximate surface area is 247 Å². The molecule has 0 unspecified atom stereocenters. The molecule has 0 atom stereocenters. The molecule has 4 aromatic rings. The molecule has 0 aliphatic heterocycles. The van der Waals surface area contributed by atoms with Crippen LogP contribution in [0.4, 0.5) is 8.78 Å². The summed E-state index contributed by atoms with van der Waals surface area (Å²) in [4.78, 5) is 27.7. The number of rotatable bonds is 8. The Morgan fingerprint density at radius 1 is 0.976 bits per heavy atom. The molecule has 0 spiro atoms. The summed E-state index contributed by atoms with van der Waals surface area (Å²) < 4.78 is 34.9. The maximum absolute atomic E-state index is 14.6. The number of benzene rings is 3. The Hall–Kier alpha value is -3.29. The predicted octanol–water partition coefficient (Wildman–Crippen LogP) is 9.18. The molecule has 1 heterocycles. The largest absolute Gasteiger partial charge is 0.496 e. The highest BCUT2D eigenvalue weighted by molar-refractivity contribution is 7.21. The quantitative estimate of drug-likeness (QED) is 0.191. The first-order valence-electron chi connectivity index (χ1n) is 13.8. The van der Waals surface area contributed by atoms with Crippen molar-refractivity contribution in [2.24, 2.45) is 11.8 Å². The molecule has 0 N–H and O–H groups in total. The van der Waals surface area contributed by atoms with Crippen molar-refractivity contribution in [1.29, 1.82) is 0 Å². The fraction of sp³-hybridized carbons (Fsp3) is 0.333. The van der Waals surface area contributed by atoms with Crippen molar-refractivity contribution in [2.45, 2.75) is 46.1 Å². The second kappa shape index (κ2) is 12.3. The minimum absolute atomic E-state index is 0.00195. The zero-order chi connectivity index (χ0) is 29.3. The van der Waals surface area contributed by atoms with Crippen LogP contribution in [-0.4, -0.2) is 30.2 Å². The number of nitrogens with zero attached hydrogens (tertiary/aromatic N) is 1. The van der Waals surface area contributed by atoms with Crippen molar-refractivity contribution in [1.82, 2.24) is 4.90 Å². The van der Waals surface area contributed by atoms with Gasteiger partial charge in [0.15, 0.2) is 5.78 Å². The second-order valence-electron chi connectivity index (χ2n) is 11.0. The van der Waals surface area contributed by atoms with Gasteiger partial charge in [-0.25, -0.2) is 8.78 Å². The summed E-state index contributed by atoms with van der Waals surface area (Å²) in [5, 5.41) is -0.111. The highest BCUT2D eigenvalue weighted by Crippen LogP contribution is 2.40. The zero-order valence-corrected chi connectivity index (χ0v) is 24.9. The van der Waals surface area contributed by atoms with E-state index in [1.165, 1.54) is 6.92 Å². The van der Waals surface area contributed by atoms with Crippen LogP contribution in [0.25, 0.3) is 21.2 Å². The molecule has 1 aromatic heterocycles. The minimum Gasteiger partial charge on any atom is -0.496 e. The molecule has 1 saturated carbocycles. The molecule has 5 rings (SSSR count). The first-order chi connectivity index (χ1) is 19.7. The van der Waals surface area contributed by atoms with Crippen LogP contribution in [0, 0.1) is 23.5 Å². The molecule has 3 aromatic carbocycles. The minimum atomic E-state index is -0.653. The van der Waals surface area contributed by atoms with Crippen LogP contribution < -0.4 is 4.74 Å². The van der Waals surface area contributed by atoms with Crippen LogP contribution in [0.5, 0.6) is 5.75 Å². The van der Waals surface area contributed by atoms with Gasteiger partial charge in [-0.3, -0.25) is 9.59 Å². The Morgan fingerprint density at radius 3 is 2.27 bits per heavy atom. The summed E-state index contributed by atoms with van der Waals surface area (Å²) in [6.45, 7) is 4.52. The summed E-state index contributed by atoms with van der Waals surface area (Å²) in [5.74, 6) is -0.0203. The first kappa shape index (κ1) is 29.2. The number of Topliss-reactive ketones (excluding diaryl/α,β-unsaturated/α-hetero) is 1. The van der Waals surface area contributed by atoms with E-state index in [1.807, 2.05) is 30.3 Å². The van der Waals surface area contributed by atoms with E-state index in [0.29, 0.717) is 29.7 Å². The highest BCUT2D eigenvalue weighted by Gasteiger charge is 2.29. The number of carbonyl (C=O) groups is 2. The van der Waals surface area contributed by atoms with E-state index in [0.717, 1.165) is 65.8 Å². The average molecular weight is 596 g/mol. The maximum atomic E-state index is 14.6. The van der Waals surface area contributed by atoms with Gasteiger partial charge in [-0.1, -0.05) is 61.7 Å². The summed E-state index contributed by atoms with van der Waals surface area (Å²) >= 11 is 7.44. The lowest BCUT2D eigenvalue weighted by Crippen LogP contribution is -2.36. The second-order valence-corrected chi connectivity index (χ2v) is 12.3. The van der Waals surface area contributed by atoms with E-state index >= 15 is 0 Å². The molecule has 8 heteroatoms. The SMILES string of the molecule is COc1ccc(-c2ccc(C(C)=O)cc2)cc1CN(CC1CCC(C)CC1)C(=O)c1sc2c(F)ccc(F)c2c1Cl. The fourth-order valence-corrected chi connectivity index (χ4v) is 7.12. The number of thiophene rings is 1. The molecule has 1 aliphatic rings. The van der Waals surface area contributed by atoms with Gasteiger partial charge in [-0.2, -0.15) is 0 Å². The lowest BCUT2D eigenvalue weighted by molar-refractivity contribution is 0.0696. The van der Waals surface area contributed by atoms with Crippen molar-refractivity contribution in [2.75, 3.05) is 13.7 Å². The molecule has 0 bridgehead atoms. The van der Waals surface area contributed by atoms with Gasteiger partial charge in [0.2, 0.25) is 0 Å². The number of fused-ring (bicyclic) bond motifs is 1. The Bertz CT molecular complexity index is 1590. The van der Waals surface area contributed by atoms with Crippen molar-refractivity contribution in [3.63, 3.8) is 0 Å². The topological polar surface area (TPSA) is 46.6 Å². The number of ether oxygens (including phenoxy) is 1. The molecule has 214 valence electrons. The van der Waals surface area contributed by atoms with E-state index in [1.54, 1.807) is 24.1 Å². The van der Waals surface area contributed by atoms with Crippen LogP contribution in [0.15, 0.2) is 54.6 Å². The molecule has 0 radical (unpaired) electrons. The number of hydrogen-bond donors (Lipinski definition) is 0. The molecule has 1 fully saturated rings. The molecule has 1 amide bonds. The van der Waals surface area contributed by atoms with Gasteiger partial charge in [0.1, 0.15) is 22.3 Å². The van der Waals surface area contributed by atoms with Crippen molar-refractivity contribution in [3.8, 4) is 16.9 Å². The van der Waals surface area contributed by atoms with Crippen LogP contribution in [0.3, 0.4) is 0 Å². The van der Waals surface area contributed by atoms with Crippen LogP contribution in [0.2, 0.25) is 5.02 Å². The Balaban J connectivity index is 1.52. The van der Waals surface area contributed by atoms with Gasteiger partial charge in [0.05, 0.1) is 22.2 Å². The lowest BCUT2D eigenvalue weighted by atomic mass is 9.82. The monoisotopic (exact) mass is 595 g/mol. The van der Waals surface area contributed by atoms with Gasteiger partial charge in [0, 0.05) is 24.2 Å². The number of amides is 1. The number of halogens is 3. The van der Waals surface area contributed by atoms with Crippen LogP contribution >= 0.6 is 22.9 Å². The van der Waals surface area contributed by atoms with E-state index in [-0.39, 0.29) is 38.2 Å². The molecule has 1 aliphatic carbocycles. The van der Waals surface area contributed by atoms with Crippen LogP contribution in [-0.2, 0) is 6.54 Å². The summed E-state index contributed by atoms with van der Waals surface area (Å²) in [7, 11) is 1.59. The van der Waals surface area contributed by atoms with Gasteiger partial charge in [-0.05, 0) is 67.0 Å². The van der Waals surface area contributed by atoms with Crippen molar-refractivity contribution in [3.05, 3.63) is 87.3 Å². The standard InChI is InChI=1S/C33H32ClF2NO3S/c1-19-4-6-21(7-5-19)17-37(33(39)32-30(34)29-26(35)13-14-27(36)31(29)41-32)18-25-16-24(12-15-28(25)40-3)23-10-8-22(9-11-23)20(2)38/h8-16,19,21H,4-7,17-18H2,1-3H3. The van der Waals surface area contributed by atoms with Crippen molar-refractivity contribution < 1.29 is 23.1 Å². The maximum Gasteiger partial charge on any atom is 0.265 e. The predicted molar refractivity (Wildman–Crippen MR) is 161 cm³/mol. The average Bonchev–Trinajstić information content (AvgIpc) is 3.33. The van der Waals surface area contributed by atoms with Gasteiger partial charge < -0.3 is 9.64 Å². The molecular formula is C33H32ClF2NO3S. The molecule has 41 heavy (non-hydrogen) atoms. The van der Waals surface area contributed by atoms with Gasteiger partial charge >= 0.3 is 0 Å². The Kier molecular flexibility index (Phi) is 8.76. The number of hydrogen-bond acceptors (Lipinski definition) is 4. The summed E-state index contributed by atoms with van der Waals surface area (Å²) in [6.07, 6.45) is 4.21. The smallest absolute Gasteiger partial charge is 0.265 e. The summed E-state index contributed by atoms with van der Waals surface area (Å²) in [5.41, 5.74) is 3.28. The van der Waals surface area contributed by atoms with Crippen molar-refractivity contribution >= 4 is 44.7 Å². The van der Waals surface area contributed by atoms with E-state index in [9.17, 15) is 18.4 Å². The van der Waals surface area contributed by atoms with Gasteiger partial charge in [-0.15, -0.1) is 11.3 Å². The van der Waals surface area contributed by atoms with Crippen LogP contribution in [0.1, 0.15) is 65.1 Å². The highest BCUT2D eigenvalue weighted by atomic mass is 35.5. The third-order valence-corrected chi connectivity index (χ3v) is 9.72. The van der Waals surface area contributed by atoms with E-state index < -0.39 is 11.6 Å². The number of ketones is 1. The third kappa shape index (κ3) is 6.16. The Morgan fingerprint density at radius 2 is 1.63 bits per heavy atom. The van der Waals surface area contributed by atoms with E-state index in [2.05, 4.69) is 6.92 Å². The lowest BCUT2D eigenvalue weighted by Gasteiger charge is -2.32. The zero-order valence-electron chi connectivity index (χ0n) is 23.3. The number of carbonyl (C=O) groups excluding carboxylic acids is 2. The summed E-state index contributed by atoms with van der Waals surface area (Å²) in [6, 6.07) is 15.3. The fourth-order valence-electron chi connectivity index (χ4n) is 5.61. The van der Waals surface area contributed by atoms with E-state index in [4.69, 9.17) is 16.3 Å². The molecule has 4 nitrogen and oxygen atoms in total. The molecule has 0 saturated heterocycles. The van der Waals surface area contributed by atoms with Gasteiger partial charge in [0.25, 0.3) is 5.91 Å².